The number of nitro groups is 1. The van der Waals surface area contributed by atoms with E-state index in [1.165, 1.54) is 24.3 Å². The lowest BCUT2D eigenvalue weighted by Crippen LogP contribution is -2.14. The topological polar surface area (TPSA) is 85.1 Å². The van der Waals surface area contributed by atoms with Crippen LogP contribution in [0.25, 0.3) is 0 Å². The minimum Gasteiger partial charge on any atom is -0.326 e. The Morgan fingerprint density at radius 3 is 2.53 bits per heavy atom. The number of nitro benzene ring substituents is 1. The van der Waals surface area contributed by atoms with Gasteiger partial charge < -0.3 is 5.32 Å². The van der Waals surface area contributed by atoms with Crippen molar-refractivity contribution in [2.75, 3.05) is 5.32 Å². The van der Waals surface area contributed by atoms with Crippen molar-refractivity contribution in [1.82, 2.24) is 4.98 Å². The van der Waals surface area contributed by atoms with E-state index in [9.17, 15) is 14.9 Å². The molecule has 0 aliphatic rings. The quantitative estimate of drug-likeness (QED) is 0.671. The van der Waals surface area contributed by atoms with Crippen LogP contribution >= 0.6 is 0 Å². The summed E-state index contributed by atoms with van der Waals surface area (Å²) < 4.78 is 0. The Kier molecular flexibility index (Phi) is 3.82. The molecule has 1 heterocycles. The number of carbonyl (C=O) groups excluding carboxylic acids is 1. The average Bonchev–Trinajstić information content (AvgIpc) is 2.40. The number of non-ortho nitro benzene ring substituents is 1. The molecule has 2 rings (SSSR count). The summed E-state index contributed by atoms with van der Waals surface area (Å²) >= 11 is 0. The van der Waals surface area contributed by atoms with E-state index in [0.717, 1.165) is 0 Å². The van der Waals surface area contributed by atoms with E-state index in [2.05, 4.69) is 10.3 Å². The fourth-order valence-corrected chi connectivity index (χ4v) is 1.54. The largest absolute Gasteiger partial charge is 0.326 e. The van der Waals surface area contributed by atoms with E-state index in [-0.39, 0.29) is 18.0 Å². The molecule has 0 saturated carbocycles. The SMILES string of the molecule is O=C(Cc1ccccn1)Nc1ccc([N+](=O)[O-])cc1. The molecule has 1 N–H and O–H groups in total. The number of hydrogen-bond donors (Lipinski definition) is 1. The average molecular weight is 257 g/mol. The Bertz CT molecular complexity index is 582. The first-order valence-electron chi connectivity index (χ1n) is 5.59. The lowest BCUT2D eigenvalue weighted by atomic mass is 10.2. The number of hydrogen-bond acceptors (Lipinski definition) is 4. The van der Waals surface area contributed by atoms with Gasteiger partial charge in [0.25, 0.3) is 5.69 Å². The molecule has 19 heavy (non-hydrogen) atoms. The van der Waals surface area contributed by atoms with E-state index < -0.39 is 4.92 Å². The highest BCUT2D eigenvalue weighted by Crippen LogP contribution is 2.15. The molecular weight excluding hydrogens is 246 g/mol. The van der Waals surface area contributed by atoms with Gasteiger partial charge in [-0.3, -0.25) is 19.9 Å². The summed E-state index contributed by atoms with van der Waals surface area (Å²) in [5.74, 6) is -0.215. The van der Waals surface area contributed by atoms with Gasteiger partial charge in [0.05, 0.1) is 11.3 Å². The molecule has 1 aromatic carbocycles. The zero-order chi connectivity index (χ0) is 13.7. The van der Waals surface area contributed by atoms with Crippen LogP contribution in [0.1, 0.15) is 5.69 Å². The number of carbonyl (C=O) groups is 1. The Morgan fingerprint density at radius 2 is 1.95 bits per heavy atom. The normalized spacial score (nSPS) is 9.89. The molecule has 0 spiro atoms. The third-order valence-electron chi connectivity index (χ3n) is 2.43. The Morgan fingerprint density at radius 1 is 1.21 bits per heavy atom. The van der Waals surface area contributed by atoms with Crippen LogP contribution in [0.5, 0.6) is 0 Å². The molecule has 0 saturated heterocycles. The first-order chi connectivity index (χ1) is 9.15. The lowest BCUT2D eigenvalue weighted by molar-refractivity contribution is -0.384. The fourth-order valence-electron chi connectivity index (χ4n) is 1.54. The molecule has 1 amide bonds. The number of rotatable bonds is 4. The third kappa shape index (κ3) is 3.60. The highest BCUT2D eigenvalue weighted by Gasteiger charge is 2.07. The van der Waals surface area contributed by atoms with E-state index in [4.69, 9.17) is 0 Å². The summed E-state index contributed by atoms with van der Waals surface area (Å²) in [5, 5.41) is 13.1. The van der Waals surface area contributed by atoms with Crippen LogP contribution in [0.2, 0.25) is 0 Å². The Labute approximate surface area is 109 Å². The second kappa shape index (κ2) is 5.72. The summed E-state index contributed by atoms with van der Waals surface area (Å²) in [7, 11) is 0. The third-order valence-corrected chi connectivity index (χ3v) is 2.43. The lowest BCUT2D eigenvalue weighted by Gasteiger charge is -2.04. The zero-order valence-electron chi connectivity index (χ0n) is 9.95. The fraction of sp³-hybridized carbons (Fsp3) is 0.0769. The molecule has 0 radical (unpaired) electrons. The Balaban J connectivity index is 1.97. The minimum absolute atomic E-state index is 0.0114. The van der Waals surface area contributed by atoms with Crippen molar-refractivity contribution in [2.45, 2.75) is 6.42 Å². The minimum atomic E-state index is -0.487. The summed E-state index contributed by atoms with van der Waals surface area (Å²) in [6, 6.07) is 11.0. The number of nitrogens with one attached hydrogen (secondary N) is 1. The van der Waals surface area contributed by atoms with Gasteiger partial charge in [-0.15, -0.1) is 0 Å². The van der Waals surface area contributed by atoms with Crippen molar-refractivity contribution in [1.29, 1.82) is 0 Å². The number of pyridine rings is 1. The van der Waals surface area contributed by atoms with Crippen molar-refractivity contribution in [2.24, 2.45) is 0 Å². The van der Waals surface area contributed by atoms with Gasteiger partial charge in [-0.05, 0) is 24.3 Å². The standard InChI is InChI=1S/C13H11N3O3/c17-13(9-11-3-1-2-8-14-11)15-10-4-6-12(7-5-10)16(18)19/h1-8H,9H2,(H,15,17). The van der Waals surface area contributed by atoms with Gasteiger partial charge >= 0.3 is 0 Å². The van der Waals surface area contributed by atoms with E-state index in [1.54, 1.807) is 18.3 Å². The van der Waals surface area contributed by atoms with Crippen LogP contribution in [0, 0.1) is 10.1 Å². The summed E-state index contributed by atoms with van der Waals surface area (Å²) in [5.41, 5.74) is 1.18. The molecule has 1 aromatic heterocycles. The maximum Gasteiger partial charge on any atom is 0.269 e. The van der Waals surface area contributed by atoms with Crippen molar-refractivity contribution in [3.05, 3.63) is 64.5 Å². The van der Waals surface area contributed by atoms with Crippen LogP contribution in [0.4, 0.5) is 11.4 Å². The summed E-state index contributed by atoms with van der Waals surface area (Å²) in [6.45, 7) is 0. The van der Waals surface area contributed by atoms with Crippen LogP contribution in [-0.4, -0.2) is 15.8 Å². The molecule has 0 atom stereocenters. The number of benzene rings is 1. The van der Waals surface area contributed by atoms with Crippen molar-refractivity contribution >= 4 is 17.3 Å². The highest BCUT2D eigenvalue weighted by molar-refractivity contribution is 5.92. The number of nitrogens with zero attached hydrogens (tertiary/aromatic N) is 2. The second-order valence-corrected chi connectivity index (χ2v) is 3.85. The highest BCUT2D eigenvalue weighted by atomic mass is 16.6. The predicted octanol–water partition coefficient (Wildman–Crippen LogP) is 2.17. The van der Waals surface area contributed by atoms with Gasteiger partial charge in [0.1, 0.15) is 0 Å². The molecule has 96 valence electrons. The van der Waals surface area contributed by atoms with Gasteiger partial charge in [-0.1, -0.05) is 6.07 Å². The number of anilines is 1. The summed E-state index contributed by atoms with van der Waals surface area (Å²) in [4.78, 5) is 25.8. The molecule has 0 unspecified atom stereocenters. The molecule has 0 aliphatic heterocycles. The maximum absolute atomic E-state index is 11.7. The van der Waals surface area contributed by atoms with Crippen molar-refractivity contribution in [3.63, 3.8) is 0 Å². The van der Waals surface area contributed by atoms with E-state index >= 15 is 0 Å². The molecule has 2 aromatic rings. The van der Waals surface area contributed by atoms with Gasteiger partial charge in [-0.25, -0.2) is 0 Å². The Hall–Kier alpha value is -2.76. The smallest absolute Gasteiger partial charge is 0.269 e. The van der Waals surface area contributed by atoms with Gasteiger partial charge in [0, 0.05) is 29.7 Å². The van der Waals surface area contributed by atoms with E-state index in [1.807, 2.05) is 6.07 Å². The molecule has 0 fully saturated rings. The summed E-state index contributed by atoms with van der Waals surface area (Å²) in [6.07, 6.45) is 1.78. The molecule has 6 nitrogen and oxygen atoms in total. The van der Waals surface area contributed by atoms with Crippen molar-refractivity contribution < 1.29 is 9.72 Å². The molecule has 0 aliphatic carbocycles. The number of aromatic nitrogens is 1. The van der Waals surface area contributed by atoms with Gasteiger partial charge in [0.2, 0.25) is 5.91 Å². The molecular formula is C13H11N3O3. The predicted molar refractivity (Wildman–Crippen MR) is 69.7 cm³/mol. The number of amides is 1. The second-order valence-electron chi connectivity index (χ2n) is 3.85. The molecule has 0 bridgehead atoms. The van der Waals surface area contributed by atoms with Crippen LogP contribution < -0.4 is 5.32 Å². The molecule has 6 heteroatoms. The first-order valence-corrected chi connectivity index (χ1v) is 5.59. The van der Waals surface area contributed by atoms with Crippen LogP contribution in [-0.2, 0) is 11.2 Å². The van der Waals surface area contributed by atoms with Gasteiger partial charge in [-0.2, -0.15) is 0 Å². The van der Waals surface area contributed by atoms with Gasteiger partial charge in [0.15, 0.2) is 0 Å². The van der Waals surface area contributed by atoms with Crippen LogP contribution in [0.15, 0.2) is 48.7 Å². The maximum atomic E-state index is 11.7. The monoisotopic (exact) mass is 257 g/mol. The first kappa shape index (κ1) is 12.7. The van der Waals surface area contributed by atoms with Crippen molar-refractivity contribution in [3.8, 4) is 0 Å². The zero-order valence-corrected chi connectivity index (χ0v) is 9.95. The van der Waals surface area contributed by atoms with E-state index in [0.29, 0.717) is 11.4 Å². The van der Waals surface area contributed by atoms with Crippen LogP contribution in [0.3, 0.4) is 0 Å².